The van der Waals surface area contributed by atoms with Gasteiger partial charge in [0, 0.05) is 11.3 Å². The van der Waals surface area contributed by atoms with Gasteiger partial charge in [0.15, 0.2) is 11.5 Å². The minimum absolute atomic E-state index is 0.221. The first-order valence-corrected chi connectivity index (χ1v) is 11.9. The van der Waals surface area contributed by atoms with Gasteiger partial charge in [-0.05, 0) is 60.3 Å². The third kappa shape index (κ3) is 5.14. The molecule has 1 atom stereocenters. The lowest BCUT2D eigenvalue weighted by molar-refractivity contribution is 0.0939. The minimum Gasteiger partial charge on any atom is -0.493 e. The second-order valence-corrected chi connectivity index (χ2v) is 9.63. The third-order valence-corrected chi connectivity index (χ3v) is 7.47. The molecule has 0 aliphatic heterocycles. The van der Waals surface area contributed by atoms with Crippen LogP contribution >= 0.6 is 11.3 Å². The van der Waals surface area contributed by atoms with E-state index in [1.165, 1.54) is 27.4 Å². The van der Waals surface area contributed by atoms with Crippen LogP contribution in [-0.2, 0) is 10.0 Å². The lowest BCUT2D eigenvalue weighted by Crippen LogP contribution is -2.26. The number of carbonyl (C=O) groups excluding carboxylic acids is 1. The Morgan fingerprint density at radius 2 is 1.59 bits per heavy atom. The first kappa shape index (κ1) is 23.4. The molecule has 3 aromatic rings. The first-order valence-electron chi connectivity index (χ1n) is 9.56. The van der Waals surface area contributed by atoms with Crippen molar-refractivity contribution >= 4 is 33.0 Å². The maximum atomic E-state index is 12.7. The molecule has 1 unspecified atom stereocenters. The van der Waals surface area contributed by atoms with Gasteiger partial charge in [-0.1, -0.05) is 6.07 Å². The second-order valence-electron chi connectivity index (χ2n) is 6.77. The number of hydrogen-bond donors (Lipinski definition) is 2. The van der Waals surface area contributed by atoms with Crippen molar-refractivity contribution in [2.24, 2.45) is 0 Å². The lowest BCUT2D eigenvalue weighted by Gasteiger charge is -2.19. The fourth-order valence-corrected chi connectivity index (χ4v) is 5.08. The molecule has 0 saturated heterocycles. The molecule has 0 fully saturated rings. The molecule has 0 bridgehead atoms. The van der Waals surface area contributed by atoms with Crippen molar-refractivity contribution < 1.29 is 27.4 Å². The molecule has 0 saturated carbocycles. The van der Waals surface area contributed by atoms with Crippen LogP contribution in [0, 0.1) is 0 Å². The molecule has 2 aromatic carbocycles. The first-order chi connectivity index (χ1) is 15.3. The number of sulfonamides is 1. The Balaban J connectivity index is 1.72. The Hall–Kier alpha value is -3.24. The average Bonchev–Trinajstić information content (AvgIpc) is 3.34. The molecule has 32 heavy (non-hydrogen) atoms. The molecule has 8 nitrogen and oxygen atoms in total. The Bertz CT molecular complexity index is 1150. The topological polar surface area (TPSA) is 103 Å². The fraction of sp³-hybridized carbons (Fsp3) is 0.227. The van der Waals surface area contributed by atoms with Gasteiger partial charge in [-0.2, -0.15) is 0 Å². The number of benzene rings is 2. The van der Waals surface area contributed by atoms with Gasteiger partial charge in [0.1, 0.15) is 4.21 Å². The highest BCUT2D eigenvalue weighted by Gasteiger charge is 2.19. The fourth-order valence-electron chi connectivity index (χ4n) is 3.03. The highest BCUT2D eigenvalue weighted by molar-refractivity contribution is 7.94. The second kappa shape index (κ2) is 9.92. The van der Waals surface area contributed by atoms with E-state index in [0.717, 1.165) is 16.9 Å². The molecule has 2 N–H and O–H groups in total. The summed E-state index contributed by atoms with van der Waals surface area (Å²) in [5.41, 5.74) is 1.53. The normalized spacial score (nSPS) is 12.0. The van der Waals surface area contributed by atoms with Crippen LogP contribution in [-0.4, -0.2) is 35.7 Å². The van der Waals surface area contributed by atoms with E-state index in [0.29, 0.717) is 28.5 Å². The van der Waals surface area contributed by atoms with Crippen molar-refractivity contribution in [3.63, 3.8) is 0 Å². The number of rotatable bonds is 9. The Morgan fingerprint density at radius 3 is 2.09 bits per heavy atom. The van der Waals surface area contributed by atoms with E-state index in [1.54, 1.807) is 47.8 Å². The molecule has 0 radical (unpaired) electrons. The number of nitrogens with one attached hydrogen (secondary N) is 2. The van der Waals surface area contributed by atoms with E-state index in [1.807, 2.05) is 6.92 Å². The van der Waals surface area contributed by atoms with Crippen LogP contribution in [0.15, 0.2) is 58.1 Å². The van der Waals surface area contributed by atoms with E-state index in [2.05, 4.69) is 10.0 Å². The van der Waals surface area contributed by atoms with Crippen LogP contribution in [0.5, 0.6) is 17.2 Å². The Kier molecular flexibility index (Phi) is 7.26. The van der Waals surface area contributed by atoms with E-state index < -0.39 is 10.0 Å². The van der Waals surface area contributed by atoms with Gasteiger partial charge in [0.05, 0.1) is 27.4 Å². The van der Waals surface area contributed by atoms with E-state index in [-0.39, 0.29) is 16.2 Å². The molecule has 1 heterocycles. The van der Waals surface area contributed by atoms with Crippen LogP contribution in [0.4, 0.5) is 5.69 Å². The molecule has 0 aliphatic rings. The zero-order valence-corrected chi connectivity index (χ0v) is 19.7. The van der Waals surface area contributed by atoms with Crippen LogP contribution in [0.2, 0.25) is 0 Å². The quantitative estimate of drug-likeness (QED) is 0.483. The standard InChI is InChI=1S/C22H24N2O6S2/c1-14(16-12-18(28-2)21(30-4)19(13-16)29-3)23-22(25)15-7-9-17(10-8-15)24-32(26,27)20-6-5-11-31-20/h5-14,24H,1-4H3,(H,23,25). The minimum atomic E-state index is -3.64. The molecule has 10 heteroatoms. The van der Waals surface area contributed by atoms with Gasteiger partial charge in [-0.25, -0.2) is 8.42 Å². The van der Waals surface area contributed by atoms with Crippen LogP contribution in [0.1, 0.15) is 28.9 Å². The predicted octanol–water partition coefficient (Wildman–Crippen LogP) is 4.07. The molecular formula is C22H24N2O6S2. The van der Waals surface area contributed by atoms with Gasteiger partial charge in [-0.15, -0.1) is 11.3 Å². The summed E-state index contributed by atoms with van der Waals surface area (Å²) in [5, 5.41) is 4.61. The van der Waals surface area contributed by atoms with Crippen LogP contribution < -0.4 is 24.2 Å². The summed E-state index contributed by atoms with van der Waals surface area (Å²) >= 11 is 1.13. The van der Waals surface area contributed by atoms with E-state index >= 15 is 0 Å². The third-order valence-electron chi connectivity index (χ3n) is 4.69. The molecule has 0 aliphatic carbocycles. The number of amides is 1. The van der Waals surface area contributed by atoms with Crippen molar-refractivity contribution in [1.82, 2.24) is 5.32 Å². The van der Waals surface area contributed by atoms with Crippen molar-refractivity contribution in [2.75, 3.05) is 26.1 Å². The van der Waals surface area contributed by atoms with Crippen molar-refractivity contribution in [1.29, 1.82) is 0 Å². The molecule has 1 aromatic heterocycles. The van der Waals surface area contributed by atoms with Gasteiger partial charge in [-0.3, -0.25) is 9.52 Å². The summed E-state index contributed by atoms with van der Waals surface area (Å²) < 4.78 is 43.4. The molecular weight excluding hydrogens is 452 g/mol. The summed E-state index contributed by atoms with van der Waals surface area (Å²) in [7, 11) is 0.933. The monoisotopic (exact) mass is 476 g/mol. The number of carbonyl (C=O) groups is 1. The van der Waals surface area contributed by atoms with Crippen molar-refractivity contribution in [3.05, 3.63) is 65.0 Å². The SMILES string of the molecule is COc1cc(C(C)NC(=O)c2ccc(NS(=O)(=O)c3cccs3)cc2)cc(OC)c1OC. The Labute approximate surface area is 191 Å². The zero-order valence-electron chi connectivity index (χ0n) is 18.0. The highest BCUT2D eigenvalue weighted by Crippen LogP contribution is 2.39. The predicted molar refractivity (Wildman–Crippen MR) is 124 cm³/mol. The van der Waals surface area contributed by atoms with Gasteiger partial charge < -0.3 is 19.5 Å². The van der Waals surface area contributed by atoms with Crippen molar-refractivity contribution in [3.8, 4) is 17.2 Å². The smallest absolute Gasteiger partial charge is 0.271 e. The summed E-state index contributed by atoms with van der Waals surface area (Å²) in [6, 6.07) is 12.6. The number of methoxy groups -OCH3 is 3. The van der Waals surface area contributed by atoms with E-state index in [9.17, 15) is 13.2 Å². The summed E-state index contributed by atoms with van der Waals surface area (Å²) in [6.45, 7) is 1.84. The maximum absolute atomic E-state index is 12.7. The summed E-state index contributed by atoms with van der Waals surface area (Å²) in [5.74, 6) is 1.15. The average molecular weight is 477 g/mol. The van der Waals surface area contributed by atoms with Crippen LogP contribution in [0.3, 0.4) is 0 Å². The molecule has 1 amide bonds. The zero-order chi connectivity index (χ0) is 23.3. The molecule has 0 spiro atoms. The Morgan fingerprint density at radius 1 is 0.969 bits per heavy atom. The van der Waals surface area contributed by atoms with E-state index in [4.69, 9.17) is 14.2 Å². The molecule has 170 valence electrons. The summed E-state index contributed by atoms with van der Waals surface area (Å²) in [4.78, 5) is 12.7. The summed E-state index contributed by atoms with van der Waals surface area (Å²) in [6.07, 6.45) is 0. The van der Waals surface area contributed by atoms with Gasteiger partial charge in [0.25, 0.3) is 15.9 Å². The van der Waals surface area contributed by atoms with Crippen LogP contribution in [0.25, 0.3) is 0 Å². The number of thiophene rings is 1. The number of ether oxygens (including phenoxy) is 3. The number of anilines is 1. The largest absolute Gasteiger partial charge is 0.493 e. The number of hydrogen-bond acceptors (Lipinski definition) is 7. The lowest BCUT2D eigenvalue weighted by atomic mass is 10.1. The molecule has 3 rings (SSSR count). The highest BCUT2D eigenvalue weighted by atomic mass is 32.2. The van der Waals surface area contributed by atoms with Gasteiger partial charge in [0.2, 0.25) is 5.75 Å². The maximum Gasteiger partial charge on any atom is 0.271 e. The van der Waals surface area contributed by atoms with Gasteiger partial charge >= 0.3 is 0 Å². The van der Waals surface area contributed by atoms with Crippen molar-refractivity contribution in [2.45, 2.75) is 17.2 Å².